The summed E-state index contributed by atoms with van der Waals surface area (Å²) in [5.41, 5.74) is 1.11. The van der Waals surface area contributed by atoms with E-state index in [4.69, 9.17) is 8.94 Å². The Labute approximate surface area is 132 Å². The van der Waals surface area contributed by atoms with Gasteiger partial charge >= 0.3 is 0 Å². The normalized spacial score (nSPS) is 13.0. The Kier molecular flexibility index (Phi) is 4.08. The van der Waals surface area contributed by atoms with Gasteiger partial charge in [-0.2, -0.15) is 4.98 Å². The molecule has 116 valence electrons. The van der Waals surface area contributed by atoms with Crippen LogP contribution in [-0.2, 0) is 6.54 Å². The Morgan fingerprint density at radius 2 is 2.14 bits per heavy atom. The van der Waals surface area contributed by atoms with Crippen LogP contribution in [-0.4, -0.2) is 27.1 Å². The highest BCUT2D eigenvalue weighted by Gasteiger charge is 2.20. The average molecular weight is 318 g/mol. The number of aromatic nitrogens is 3. The van der Waals surface area contributed by atoms with Crippen LogP contribution in [0.15, 0.2) is 27.3 Å². The summed E-state index contributed by atoms with van der Waals surface area (Å²) in [6.07, 6.45) is 1.59. The highest BCUT2D eigenvalue weighted by molar-refractivity contribution is 7.11. The predicted molar refractivity (Wildman–Crippen MR) is 83.5 cm³/mol. The lowest BCUT2D eigenvalue weighted by Gasteiger charge is -2.22. The minimum atomic E-state index is 0.184. The van der Waals surface area contributed by atoms with Crippen molar-refractivity contribution >= 4 is 11.3 Å². The van der Waals surface area contributed by atoms with Crippen LogP contribution >= 0.6 is 11.3 Å². The van der Waals surface area contributed by atoms with Gasteiger partial charge in [-0.25, -0.2) is 4.98 Å². The average Bonchev–Trinajstić information content (AvgIpc) is 3.18. The van der Waals surface area contributed by atoms with E-state index in [-0.39, 0.29) is 6.04 Å². The smallest absolute Gasteiger partial charge is 0.241 e. The molecular weight excluding hydrogens is 300 g/mol. The number of thiazole rings is 1. The SMILES string of the molecule is Cc1nc([C@@H](C)N(C)Cc2nc(-c3ccco3)no2)c(C)s1. The zero-order chi connectivity index (χ0) is 15.7. The van der Waals surface area contributed by atoms with Crippen LogP contribution in [0.25, 0.3) is 11.6 Å². The number of hydrogen-bond acceptors (Lipinski definition) is 7. The quantitative estimate of drug-likeness (QED) is 0.716. The van der Waals surface area contributed by atoms with Crippen molar-refractivity contribution in [2.75, 3.05) is 7.05 Å². The molecule has 0 aliphatic heterocycles. The molecule has 0 fully saturated rings. The number of rotatable bonds is 5. The van der Waals surface area contributed by atoms with Crippen molar-refractivity contribution in [1.29, 1.82) is 0 Å². The van der Waals surface area contributed by atoms with Crippen molar-refractivity contribution < 1.29 is 8.94 Å². The molecule has 3 aromatic rings. The molecule has 0 spiro atoms. The standard InChI is InChI=1S/C15H18N4O2S/c1-9(14-10(2)22-11(3)16-14)19(4)8-13-17-15(18-21-13)12-6-5-7-20-12/h5-7,9H,8H2,1-4H3/t9-/m1/s1. The first-order valence-corrected chi connectivity index (χ1v) is 7.87. The summed E-state index contributed by atoms with van der Waals surface area (Å²) in [5.74, 6) is 1.64. The van der Waals surface area contributed by atoms with Gasteiger partial charge in [0.05, 0.1) is 29.6 Å². The van der Waals surface area contributed by atoms with E-state index < -0.39 is 0 Å². The molecule has 0 N–H and O–H groups in total. The van der Waals surface area contributed by atoms with Crippen LogP contribution in [0.5, 0.6) is 0 Å². The molecule has 0 amide bonds. The Morgan fingerprint density at radius 1 is 1.32 bits per heavy atom. The van der Waals surface area contributed by atoms with Gasteiger partial charge in [-0.3, -0.25) is 4.90 Å². The minimum absolute atomic E-state index is 0.184. The maximum Gasteiger partial charge on any atom is 0.241 e. The third-order valence-electron chi connectivity index (χ3n) is 3.59. The zero-order valence-corrected chi connectivity index (χ0v) is 13.8. The van der Waals surface area contributed by atoms with Gasteiger partial charge < -0.3 is 8.94 Å². The highest BCUT2D eigenvalue weighted by Crippen LogP contribution is 2.27. The van der Waals surface area contributed by atoms with Crippen LogP contribution in [0, 0.1) is 13.8 Å². The number of hydrogen-bond donors (Lipinski definition) is 0. The van der Waals surface area contributed by atoms with Crippen LogP contribution in [0.2, 0.25) is 0 Å². The van der Waals surface area contributed by atoms with E-state index in [1.165, 1.54) is 4.88 Å². The fourth-order valence-electron chi connectivity index (χ4n) is 2.32. The van der Waals surface area contributed by atoms with Crippen LogP contribution in [0.4, 0.5) is 0 Å². The van der Waals surface area contributed by atoms with E-state index in [1.54, 1.807) is 23.7 Å². The van der Waals surface area contributed by atoms with E-state index in [1.807, 2.05) is 20.0 Å². The van der Waals surface area contributed by atoms with Gasteiger partial charge in [0.15, 0.2) is 5.76 Å². The van der Waals surface area contributed by atoms with E-state index in [2.05, 4.69) is 33.9 Å². The molecule has 3 aromatic heterocycles. The molecule has 6 nitrogen and oxygen atoms in total. The first kappa shape index (κ1) is 14.9. The van der Waals surface area contributed by atoms with Crippen molar-refractivity contribution in [3.05, 3.63) is 39.9 Å². The Balaban J connectivity index is 1.71. The molecule has 3 rings (SSSR count). The molecule has 0 aliphatic rings. The van der Waals surface area contributed by atoms with Gasteiger partial charge in [-0.05, 0) is 40.0 Å². The van der Waals surface area contributed by atoms with E-state index >= 15 is 0 Å². The van der Waals surface area contributed by atoms with E-state index in [9.17, 15) is 0 Å². The summed E-state index contributed by atoms with van der Waals surface area (Å²) < 4.78 is 10.6. The van der Waals surface area contributed by atoms with Gasteiger partial charge in [0, 0.05) is 4.88 Å². The van der Waals surface area contributed by atoms with Crippen molar-refractivity contribution in [3.63, 3.8) is 0 Å². The van der Waals surface area contributed by atoms with Crippen molar-refractivity contribution in [1.82, 2.24) is 20.0 Å². The topological polar surface area (TPSA) is 68.2 Å². The monoisotopic (exact) mass is 318 g/mol. The van der Waals surface area contributed by atoms with Gasteiger partial charge in [-0.1, -0.05) is 5.16 Å². The Morgan fingerprint density at radius 3 is 2.77 bits per heavy atom. The molecule has 7 heteroatoms. The first-order valence-electron chi connectivity index (χ1n) is 7.05. The van der Waals surface area contributed by atoms with Crippen molar-refractivity contribution in [3.8, 4) is 11.6 Å². The lowest BCUT2D eigenvalue weighted by atomic mass is 10.2. The second kappa shape index (κ2) is 6.02. The fraction of sp³-hybridized carbons (Fsp3) is 0.400. The lowest BCUT2D eigenvalue weighted by molar-refractivity contribution is 0.213. The Bertz CT molecular complexity index is 748. The molecule has 22 heavy (non-hydrogen) atoms. The highest BCUT2D eigenvalue weighted by atomic mass is 32.1. The van der Waals surface area contributed by atoms with E-state index in [0.717, 1.165) is 10.7 Å². The summed E-state index contributed by atoms with van der Waals surface area (Å²) in [7, 11) is 2.02. The molecule has 0 aliphatic carbocycles. The molecule has 0 aromatic carbocycles. The summed E-state index contributed by atoms with van der Waals surface area (Å²) in [6.45, 7) is 6.82. The van der Waals surface area contributed by atoms with Gasteiger partial charge in [-0.15, -0.1) is 11.3 Å². The fourth-order valence-corrected chi connectivity index (χ4v) is 3.22. The second-order valence-electron chi connectivity index (χ2n) is 5.25. The van der Waals surface area contributed by atoms with Gasteiger partial charge in [0.2, 0.25) is 11.7 Å². The molecule has 0 radical (unpaired) electrons. The molecule has 0 bridgehead atoms. The van der Waals surface area contributed by atoms with Crippen LogP contribution in [0.1, 0.15) is 34.4 Å². The lowest BCUT2D eigenvalue weighted by Crippen LogP contribution is -2.23. The summed E-state index contributed by atoms with van der Waals surface area (Å²) in [6, 6.07) is 3.79. The van der Waals surface area contributed by atoms with Crippen molar-refractivity contribution in [2.24, 2.45) is 0 Å². The summed E-state index contributed by atoms with van der Waals surface area (Å²) in [4.78, 5) is 12.4. The molecule has 3 heterocycles. The van der Waals surface area contributed by atoms with Crippen LogP contribution in [0.3, 0.4) is 0 Å². The molecule has 0 unspecified atom stereocenters. The number of aryl methyl sites for hydroxylation is 2. The molecule has 0 saturated heterocycles. The number of nitrogens with zero attached hydrogens (tertiary/aromatic N) is 4. The third-order valence-corrected chi connectivity index (χ3v) is 4.49. The summed E-state index contributed by atoms with van der Waals surface area (Å²) >= 11 is 1.72. The maximum atomic E-state index is 5.30. The summed E-state index contributed by atoms with van der Waals surface area (Å²) in [5, 5.41) is 5.03. The third kappa shape index (κ3) is 2.95. The van der Waals surface area contributed by atoms with E-state index in [0.29, 0.717) is 24.0 Å². The van der Waals surface area contributed by atoms with Crippen LogP contribution < -0.4 is 0 Å². The predicted octanol–water partition coefficient (Wildman–Crippen LogP) is 3.60. The first-order chi connectivity index (χ1) is 10.5. The van der Waals surface area contributed by atoms with Gasteiger partial charge in [0.1, 0.15) is 0 Å². The molecule has 1 atom stereocenters. The largest absolute Gasteiger partial charge is 0.461 e. The maximum absolute atomic E-state index is 5.30. The molecular formula is C15H18N4O2S. The zero-order valence-electron chi connectivity index (χ0n) is 13.0. The Hall–Kier alpha value is -1.99. The minimum Gasteiger partial charge on any atom is -0.461 e. The second-order valence-corrected chi connectivity index (χ2v) is 6.66. The van der Waals surface area contributed by atoms with Gasteiger partial charge in [0.25, 0.3) is 0 Å². The van der Waals surface area contributed by atoms with Crippen molar-refractivity contribution in [2.45, 2.75) is 33.4 Å². The molecule has 0 saturated carbocycles. The number of furan rings is 1.